The maximum absolute atomic E-state index is 12.5. The van der Waals surface area contributed by atoms with Gasteiger partial charge in [-0.3, -0.25) is 19.5 Å². The first-order valence-corrected chi connectivity index (χ1v) is 11.8. The average Bonchev–Trinajstić information content (AvgIpc) is 3.35. The van der Waals surface area contributed by atoms with E-state index in [1.165, 1.54) is 23.9 Å². The van der Waals surface area contributed by atoms with E-state index >= 15 is 0 Å². The number of hydrogen-bond acceptors (Lipinski definition) is 8. The van der Waals surface area contributed by atoms with Gasteiger partial charge in [-0.25, -0.2) is 5.43 Å². The first kappa shape index (κ1) is 24.6. The van der Waals surface area contributed by atoms with E-state index < -0.39 is 4.92 Å². The number of amides is 1. The Balaban J connectivity index is 1.51. The number of aromatic nitrogens is 3. The summed E-state index contributed by atoms with van der Waals surface area (Å²) in [7, 11) is 1.60. The van der Waals surface area contributed by atoms with Crippen molar-refractivity contribution in [3.8, 4) is 22.8 Å². The highest BCUT2D eigenvalue weighted by Crippen LogP contribution is 2.28. The number of nitrogens with one attached hydrogen (secondary N) is 1. The van der Waals surface area contributed by atoms with Gasteiger partial charge in [0.2, 0.25) is 0 Å². The molecule has 1 N–H and O–H groups in total. The van der Waals surface area contributed by atoms with Crippen LogP contribution < -0.4 is 10.2 Å². The standard InChI is InChI=1S/C25H22N6O4S/c1-17(19-9-6-10-21(15-19)31(33)34)26-27-23(32)16-36-25-29-28-24(18-7-4-3-5-8-18)30(25)20-11-13-22(35-2)14-12-20/h3-15H,16H2,1-2H3,(H,27,32)/b26-17-. The maximum Gasteiger partial charge on any atom is 0.270 e. The van der Waals surface area contributed by atoms with Gasteiger partial charge in [0.05, 0.1) is 23.5 Å². The minimum Gasteiger partial charge on any atom is -0.497 e. The van der Waals surface area contributed by atoms with Crippen molar-refractivity contribution >= 4 is 29.1 Å². The van der Waals surface area contributed by atoms with E-state index in [0.29, 0.717) is 22.3 Å². The summed E-state index contributed by atoms with van der Waals surface area (Å²) in [5, 5.41) is 24.3. The molecule has 0 radical (unpaired) electrons. The lowest BCUT2D eigenvalue weighted by Gasteiger charge is -2.11. The number of nitro benzene ring substituents is 1. The minimum absolute atomic E-state index is 0.0365. The number of thioether (sulfide) groups is 1. The molecule has 0 spiro atoms. The minimum atomic E-state index is -0.478. The highest BCUT2D eigenvalue weighted by molar-refractivity contribution is 7.99. The molecule has 4 aromatic rings. The van der Waals surface area contributed by atoms with Crippen molar-refractivity contribution in [1.82, 2.24) is 20.2 Å². The fraction of sp³-hybridized carbons (Fsp3) is 0.120. The second-order valence-corrected chi connectivity index (χ2v) is 8.48. The first-order valence-electron chi connectivity index (χ1n) is 10.8. The molecule has 11 heteroatoms. The quantitative estimate of drug-likeness (QED) is 0.155. The third-order valence-electron chi connectivity index (χ3n) is 5.15. The van der Waals surface area contributed by atoms with Crippen LogP contribution in [-0.4, -0.2) is 44.2 Å². The third-order valence-corrected chi connectivity index (χ3v) is 6.08. The van der Waals surface area contributed by atoms with Crippen LogP contribution in [0.2, 0.25) is 0 Å². The van der Waals surface area contributed by atoms with Crippen LogP contribution in [0.4, 0.5) is 5.69 Å². The zero-order valence-electron chi connectivity index (χ0n) is 19.5. The molecule has 0 aliphatic heterocycles. The molecule has 1 heterocycles. The molecule has 0 aliphatic rings. The lowest BCUT2D eigenvalue weighted by molar-refractivity contribution is -0.384. The predicted molar refractivity (Wildman–Crippen MR) is 138 cm³/mol. The lowest BCUT2D eigenvalue weighted by atomic mass is 10.1. The summed E-state index contributed by atoms with van der Waals surface area (Å²) in [6.45, 7) is 1.67. The number of carbonyl (C=O) groups is 1. The summed E-state index contributed by atoms with van der Waals surface area (Å²) in [6, 6.07) is 23.2. The van der Waals surface area contributed by atoms with Crippen molar-refractivity contribution in [1.29, 1.82) is 0 Å². The van der Waals surface area contributed by atoms with Gasteiger partial charge in [-0.05, 0) is 31.2 Å². The fourth-order valence-electron chi connectivity index (χ4n) is 3.32. The van der Waals surface area contributed by atoms with Crippen LogP contribution in [-0.2, 0) is 4.79 Å². The highest BCUT2D eigenvalue weighted by Gasteiger charge is 2.17. The Labute approximate surface area is 211 Å². The molecule has 0 aliphatic carbocycles. The Morgan fingerprint density at radius 2 is 1.83 bits per heavy atom. The molecular formula is C25H22N6O4S. The number of nitro groups is 1. The molecule has 36 heavy (non-hydrogen) atoms. The summed E-state index contributed by atoms with van der Waals surface area (Å²) in [5.74, 6) is 1.05. The molecule has 0 saturated carbocycles. The summed E-state index contributed by atoms with van der Waals surface area (Å²) in [6.07, 6.45) is 0. The Hall–Kier alpha value is -4.51. The number of hydrogen-bond donors (Lipinski definition) is 1. The zero-order chi connectivity index (χ0) is 25.5. The molecule has 0 atom stereocenters. The molecule has 0 bridgehead atoms. The van der Waals surface area contributed by atoms with Crippen LogP contribution in [0.5, 0.6) is 5.75 Å². The van der Waals surface area contributed by atoms with Crippen LogP contribution >= 0.6 is 11.8 Å². The van der Waals surface area contributed by atoms with Crippen LogP contribution in [0.3, 0.4) is 0 Å². The lowest BCUT2D eigenvalue weighted by Crippen LogP contribution is -2.21. The van der Waals surface area contributed by atoms with Gasteiger partial charge in [-0.15, -0.1) is 10.2 Å². The van der Waals surface area contributed by atoms with Gasteiger partial charge in [0, 0.05) is 28.9 Å². The molecule has 10 nitrogen and oxygen atoms in total. The van der Waals surface area contributed by atoms with E-state index in [9.17, 15) is 14.9 Å². The highest BCUT2D eigenvalue weighted by atomic mass is 32.2. The maximum atomic E-state index is 12.5. The van der Waals surface area contributed by atoms with E-state index in [1.54, 1.807) is 26.2 Å². The number of rotatable bonds is 9. The fourth-order valence-corrected chi connectivity index (χ4v) is 4.06. The van der Waals surface area contributed by atoms with Crippen LogP contribution in [0.15, 0.2) is 89.1 Å². The smallest absolute Gasteiger partial charge is 0.270 e. The van der Waals surface area contributed by atoms with Gasteiger partial charge < -0.3 is 4.74 Å². The van der Waals surface area contributed by atoms with E-state index in [1.807, 2.05) is 59.2 Å². The van der Waals surface area contributed by atoms with Crippen molar-refractivity contribution in [2.24, 2.45) is 5.10 Å². The van der Waals surface area contributed by atoms with E-state index in [0.717, 1.165) is 17.0 Å². The number of benzene rings is 3. The third kappa shape index (κ3) is 5.76. The summed E-state index contributed by atoms with van der Waals surface area (Å²) in [5.41, 5.74) is 5.15. The number of non-ortho nitro benzene ring substituents is 1. The Morgan fingerprint density at radius 1 is 1.08 bits per heavy atom. The van der Waals surface area contributed by atoms with E-state index in [2.05, 4.69) is 20.7 Å². The molecular weight excluding hydrogens is 480 g/mol. The Morgan fingerprint density at radius 3 is 2.53 bits per heavy atom. The molecule has 0 fully saturated rings. The molecule has 3 aromatic carbocycles. The summed E-state index contributed by atoms with van der Waals surface area (Å²) >= 11 is 1.22. The van der Waals surface area contributed by atoms with Crippen molar-refractivity contribution < 1.29 is 14.5 Å². The molecule has 0 saturated heterocycles. The van der Waals surface area contributed by atoms with Gasteiger partial charge in [-0.2, -0.15) is 5.10 Å². The Kier molecular flexibility index (Phi) is 7.71. The van der Waals surface area contributed by atoms with Gasteiger partial charge in [-0.1, -0.05) is 54.2 Å². The molecule has 0 unspecified atom stereocenters. The number of methoxy groups -OCH3 is 1. The summed E-state index contributed by atoms with van der Waals surface area (Å²) < 4.78 is 7.14. The molecule has 1 aromatic heterocycles. The van der Waals surface area contributed by atoms with E-state index in [-0.39, 0.29) is 17.3 Å². The second-order valence-electron chi connectivity index (χ2n) is 7.53. The average molecular weight is 503 g/mol. The van der Waals surface area contributed by atoms with Gasteiger partial charge in [0.25, 0.3) is 11.6 Å². The van der Waals surface area contributed by atoms with Crippen molar-refractivity contribution in [3.05, 3.63) is 94.5 Å². The number of hydrazone groups is 1. The van der Waals surface area contributed by atoms with Crippen molar-refractivity contribution in [3.63, 3.8) is 0 Å². The summed E-state index contributed by atoms with van der Waals surface area (Å²) in [4.78, 5) is 23.0. The SMILES string of the molecule is COc1ccc(-n2c(SCC(=O)N/N=C(/C)c3cccc([N+](=O)[O-])c3)nnc2-c2ccccc2)cc1. The van der Waals surface area contributed by atoms with Gasteiger partial charge >= 0.3 is 0 Å². The van der Waals surface area contributed by atoms with Crippen LogP contribution in [0.1, 0.15) is 12.5 Å². The monoisotopic (exact) mass is 502 g/mol. The first-order chi connectivity index (χ1) is 17.5. The molecule has 4 rings (SSSR count). The Bertz CT molecular complexity index is 1400. The number of carbonyl (C=O) groups excluding carboxylic acids is 1. The molecule has 182 valence electrons. The predicted octanol–water partition coefficient (Wildman–Crippen LogP) is 4.48. The second kappa shape index (κ2) is 11.3. The van der Waals surface area contributed by atoms with Crippen molar-refractivity contribution in [2.45, 2.75) is 12.1 Å². The van der Waals surface area contributed by atoms with Crippen LogP contribution in [0, 0.1) is 10.1 Å². The molecule has 1 amide bonds. The van der Waals surface area contributed by atoms with Crippen LogP contribution in [0.25, 0.3) is 17.1 Å². The van der Waals surface area contributed by atoms with Crippen molar-refractivity contribution in [2.75, 3.05) is 12.9 Å². The topological polar surface area (TPSA) is 125 Å². The van der Waals surface area contributed by atoms with Gasteiger partial charge in [0.1, 0.15) is 5.75 Å². The zero-order valence-corrected chi connectivity index (χ0v) is 20.3. The normalized spacial score (nSPS) is 11.2. The number of nitrogens with zero attached hydrogens (tertiary/aromatic N) is 5. The largest absolute Gasteiger partial charge is 0.497 e. The van der Waals surface area contributed by atoms with Gasteiger partial charge in [0.15, 0.2) is 11.0 Å². The number of ether oxygens (including phenoxy) is 1. The van der Waals surface area contributed by atoms with E-state index in [4.69, 9.17) is 4.74 Å².